The lowest BCUT2D eigenvalue weighted by molar-refractivity contribution is -0.159. The summed E-state index contributed by atoms with van der Waals surface area (Å²) >= 11 is 0. The quantitative estimate of drug-likeness (QED) is 0.777. The van der Waals surface area contributed by atoms with Crippen LogP contribution in [0.5, 0.6) is 0 Å². The van der Waals surface area contributed by atoms with Crippen LogP contribution in [-0.4, -0.2) is 39.0 Å². The third kappa shape index (κ3) is 3.56. The van der Waals surface area contributed by atoms with Crippen molar-refractivity contribution in [3.05, 3.63) is 59.9 Å². The molecule has 1 aliphatic heterocycles. The molecular weight excluding hydrogens is 272 g/mol. The number of aliphatic imine (C=N–C) groups is 1. The molecule has 3 rings (SSSR count). The van der Waals surface area contributed by atoms with Crippen molar-refractivity contribution >= 4 is 17.7 Å². The van der Waals surface area contributed by atoms with Gasteiger partial charge in [0.1, 0.15) is 0 Å². The molecule has 0 unspecified atom stereocenters. The lowest BCUT2D eigenvalue weighted by atomic mass is 10.1. The Labute approximate surface area is 121 Å². The van der Waals surface area contributed by atoms with Gasteiger partial charge in [-0.2, -0.15) is 0 Å². The molecule has 2 N–H and O–H groups in total. The second-order valence-corrected chi connectivity index (χ2v) is 4.29. The third-order valence-electron chi connectivity index (χ3n) is 2.91. The molecule has 2 heterocycles. The summed E-state index contributed by atoms with van der Waals surface area (Å²) in [4.78, 5) is 22.8. The number of hydrogen-bond acceptors (Lipinski definition) is 3. The van der Waals surface area contributed by atoms with Gasteiger partial charge in [0.25, 0.3) is 0 Å². The van der Waals surface area contributed by atoms with Gasteiger partial charge in [-0.05, 0) is 12.1 Å². The van der Waals surface area contributed by atoms with Crippen molar-refractivity contribution in [1.82, 2.24) is 4.57 Å². The number of carbonyl (C=O) groups is 2. The van der Waals surface area contributed by atoms with E-state index in [1.54, 1.807) is 0 Å². The van der Waals surface area contributed by atoms with Gasteiger partial charge in [0.05, 0.1) is 18.0 Å². The van der Waals surface area contributed by atoms with Crippen molar-refractivity contribution in [2.45, 2.75) is 6.54 Å². The average Bonchev–Trinajstić information content (AvgIpc) is 2.97. The molecule has 0 bridgehead atoms. The van der Waals surface area contributed by atoms with Gasteiger partial charge in [-0.25, -0.2) is 9.59 Å². The van der Waals surface area contributed by atoms with E-state index < -0.39 is 11.9 Å². The molecular formula is C15H14N2O4. The molecule has 21 heavy (non-hydrogen) atoms. The van der Waals surface area contributed by atoms with Gasteiger partial charge in [-0.3, -0.25) is 4.99 Å². The highest BCUT2D eigenvalue weighted by molar-refractivity contribution is 6.27. The van der Waals surface area contributed by atoms with Crippen molar-refractivity contribution in [2.75, 3.05) is 6.54 Å². The Hall–Kier alpha value is -2.89. The monoisotopic (exact) mass is 286 g/mol. The van der Waals surface area contributed by atoms with E-state index in [-0.39, 0.29) is 0 Å². The van der Waals surface area contributed by atoms with E-state index in [4.69, 9.17) is 19.8 Å². The molecule has 0 saturated carbocycles. The highest BCUT2D eigenvalue weighted by Crippen LogP contribution is 2.15. The molecule has 0 aliphatic carbocycles. The number of fused-ring (bicyclic) bond motifs is 1. The van der Waals surface area contributed by atoms with Crippen molar-refractivity contribution in [3.63, 3.8) is 0 Å². The molecule has 1 aromatic carbocycles. The van der Waals surface area contributed by atoms with Crippen molar-refractivity contribution in [3.8, 4) is 0 Å². The lowest BCUT2D eigenvalue weighted by Gasteiger charge is -2.16. The molecule has 0 radical (unpaired) electrons. The van der Waals surface area contributed by atoms with Crippen LogP contribution in [-0.2, 0) is 16.1 Å². The highest BCUT2D eigenvalue weighted by Gasteiger charge is 2.13. The fourth-order valence-corrected chi connectivity index (χ4v) is 2.01. The van der Waals surface area contributed by atoms with Gasteiger partial charge in [-0.1, -0.05) is 30.3 Å². The summed E-state index contributed by atoms with van der Waals surface area (Å²) in [6.45, 7) is 1.88. The molecule has 6 heteroatoms. The Morgan fingerprint density at radius 2 is 1.67 bits per heavy atom. The van der Waals surface area contributed by atoms with Crippen molar-refractivity contribution < 1.29 is 19.8 Å². The first kappa shape index (κ1) is 14.5. The zero-order valence-electron chi connectivity index (χ0n) is 11.1. The van der Waals surface area contributed by atoms with Crippen LogP contribution < -0.4 is 0 Å². The Kier molecular flexibility index (Phi) is 4.50. The fourth-order valence-electron chi connectivity index (χ4n) is 2.01. The number of carboxylic acid groups (broad SMARTS) is 2. The number of hydrogen-bond donors (Lipinski definition) is 2. The minimum Gasteiger partial charge on any atom is -0.473 e. The normalized spacial score (nSPS) is 12.5. The Morgan fingerprint density at radius 1 is 1.00 bits per heavy atom. The maximum Gasteiger partial charge on any atom is 0.414 e. The standard InChI is InChI=1S/C13H12N2.C2H2O4/c1-2-5-11(6-3-1)13-12-7-4-9-15(12)10-8-14-13;3-1(4)2(5)6/h1-7,9H,8,10H2;(H,3,4)(H,5,6). The summed E-state index contributed by atoms with van der Waals surface area (Å²) < 4.78 is 2.26. The van der Waals surface area contributed by atoms with Crippen LogP contribution in [0.25, 0.3) is 0 Å². The predicted octanol–water partition coefficient (Wildman–Crippen LogP) is 1.49. The fraction of sp³-hybridized carbons (Fsp3) is 0.133. The van der Waals surface area contributed by atoms with E-state index in [0.29, 0.717) is 0 Å². The van der Waals surface area contributed by atoms with Crippen LogP contribution in [0, 0.1) is 0 Å². The number of rotatable bonds is 1. The summed E-state index contributed by atoms with van der Waals surface area (Å²) in [6.07, 6.45) is 2.12. The summed E-state index contributed by atoms with van der Waals surface area (Å²) in [5, 5.41) is 14.8. The SMILES string of the molecule is O=C(O)C(=O)O.c1ccc(C2=NCCn3cccc32)cc1. The molecule has 1 aliphatic rings. The Morgan fingerprint density at radius 3 is 2.29 bits per heavy atom. The van der Waals surface area contributed by atoms with E-state index >= 15 is 0 Å². The van der Waals surface area contributed by atoms with Crippen LogP contribution in [0.4, 0.5) is 0 Å². The Bertz CT molecular complexity index is 662. The van der Waals surface area contributed by atoms with Crippen LogP contribution in [0.15, 0.2) is 53.7 Å². The van der Waals surface area contributed by atoms with E-state index in [2.05, 4.69) is 52.2 Å². The number of carboxylic acids is 2. The maximum atomic E-state index is 9.10. The molecule has 6 nitrogen and oxygen atoms in total. The molecule has 2 aromatic rings. The van der Waals surface area contributed by atoms with E-state index in [0.717, 1.165) is 18.8 Å². The zero-order chi connectivity index (χ0) is 15.2. The topological polar surface area (TPSA) is 91.9 Å². The first-order valence-corrected chi connectivity index (χ1v) is 6.31. The maximum absolute atomic E-state index is 9.10. The smallest absolute Gasteiger partial charge is 0.414 e. The van der Waals surface area contributed by atoms with Crippen LogP contribution in [0.3, 0.4) is 0 Å². The van der Waals surface area contributed by atoms with Gasteiger partial charge >= 0.3 is 11.9 Å². The van der Waals surface area contributed by atoms with E-state index in [9.17, 15) is 0 Å². The van der Waals surface area contributed by atoms with Crippen LogP contribution in [0.1, 0.15) is 11.3 Å². The minimum atomic E-state index is -1.82. The second-order valence-electron chi connectivity index (χ2n) is 4.29. The van der Waals surface area contributed by atoms with E-state index in [1.165, 1.54) is 11.3 Å². The van der Waals surface area contributed by atoms with Gasteiger partial charge in [-0.15, -0.1) is 0 Å². The first-order valence-electron chi connectivity index (χ1n) is 6.31. The molecule has 0 spiro atoms. The first-order chi connectivity index (χ1) is 10.1. The van der Waals surface area contributed by atoms with E-state index in [1.807, 2.05) is 6.07 Å². The Balaban J connectivity index is 0.000000232. The second kappa shape index (κ2) is 6.51. The molecule has 0 atom stereocenters. The summed E-state index contributed by atoms with van der Waals surface area (Å²) in [5.74, 6) is -3.65. The largest absolute Gasteiger partial charge is 0.473 e. The van der Waals surface area contributed by atoms with Gasteiger partial charge in [0, 0.05) is 18.3 Å². The third-order valence-corrected chi connectivity index (χ3v) is 2.91. The van der Waals surface area contributed by atoms with Crippen molar-refractivity contribution in [1.29, 1.82) is 0 Å². The van der Waals surface area contributed by atoms with Crippen LogP contribution in [0.2, 0.25) is 0 Å². The minimum absolute atomic E-state index is 0.881. The number of aliphatic carboxylic acids is 2. The van der Waals surface area contributed by atoms with Crippen molar-refractivity contribution in [2.24, 2.45) is 4.99 Å². The average molecular weight is 286 g/mol. The summed E-state index contributed by atoms with van der Waals surface area (Å²) in [7, 11) is 0. The van der Waals surface area contributed by atoms with Crippen LogP contribution >= 0.6 is 0 Å². The molecule has 0 amide bonds. The number of nitrogens with zero attached hydrogens (tertiary/aromatic N) is 2. The summed E-state index contributed by atoms with van der Waals surface area (Å²) in [5.41, 5.74) is 3.55. The summed E-state index contributed by atoms with van der Waals surface area (Å²) in [6, 6.07) is 14.6. The number of aromatic nitrogens is 1. The molecule has 0 saturated heterocycles. The molecule has 1 aromatic heterocycles. The predicted molar refractivity (Wildman–Crippen MR) is 76.7 cm³/mol. The molecule has 108 valence electrons. The van der Waals surface area contributed by atoms with Gasteiger partial charge in [0.15, 0.2) is 0 Å². The number of benzene rings is 1. The highest BCUT2D eigenvalue weighted by atomic mass is 16.4. The lowest BCUT2D eigenvalue weighted by Crippen LogP contribution is -2.18. The van der Waals surface area contributed by atoms with Gasteiger partial charge < -0.3 is 14.8 Å². The van der Waals surface area contributed by atoms with Gasteiger partial charge in [0.2, 0.25) is 0 Å². The zero-order valence-corrected chi connectivity index (χ0v) is 11.1. The molecule has 0 fully saturated rings.